The number of likely N-dealkylation sites (tertiary alicyclic amines) is 1. The van der Waals surface area contributed by atoms with Gasteiger partial charge in [0.2, 0.25) is 21.8 Å². The Labute approximate surface area is 179 Å². The van der Waals surface area contributed by atoms with Gasteiger partial charge in [-0.2, -0.15) is 4.31 Å². The Hall–Kier alpha value is -1.93. The molecular weight excluding hydrogens is 402 g/mol. The molecule has 0 aliphatic carbocycles. The van der Waals surface area contributed by atoms with E-state index in [2.05, 4.69) is 6.92 Å². The van der Waals surface area contributed by atoms with E-state index in [0.717, 1.165) is 38.8 Å². The molecule has 2 fully saturated rings. The minimum absolute atomic E-state index is 0.00496. The molecule has 8 heteroatoms. The Morgan fingerprint density at radius 3 is 2.50 bits per heavy atom. The third kappa shape index (κ3) is 3.54. The first kappa shape index (κ1) is 21.3. The molecule has 0 aromatic heterocycles. The van der Waals surface area contributed by atoms with Gasteiger partial charge in [0, 0.05) is 31.9 Å². The zero-order valence-corrected chi connectivity index (χ0v) is 18.9. The third-order valence-electron chi connectivity index (χ3n) is 6.72. The van der Waals surface area contributed by atoms with E-state index in [0.29, 0.717) is 30.3 Å². The fourth-order valence-corrected chi connectivity index (χ4v) is 6.47. The van der Waals surface area contributed by atoms with Crippen LogP contribution in [0.3, 0.4) is 0 Å². The first-order chi connectivity index (χ1) is 14.1. The van der Waals surface area contributed by atoms with Crippen molar-refractivity contribution in [2.24, 2.45) is 5.92 Å². The van der Waals surface area contributed by atoms with Crippen LogP contribution in [0, 0.1) is 5.92 Å². The van der Waals surface area contributed by atoms with Gasteiger partial charge >= 0.3 is 0 Å². The number of rotatable bonds is 4. The molecular formula is C22H31N3O4S. The van der Waals surface area contributed by atoms with Crippen molar-refractivity contribution >= 4 is 27.5 Å². The molecule has 2 saturated heterocycles. The Morgan fingerprint density at radius 2 is 1.83 bits per heavy atom. The largest absolute Gasteiger partial charge is 0.341 e. The number of sulfonamides is 1. The number of carbonyl (C=O) groups excluding carboxylic acids is 2. The highest BCUT2D eigenvalue weighted by Gasteiger charge is 2.45. The lowest BCUT2D eigenvalue weighted by atomic mass is 9.86. The molecule has 30 heavy (non-hydrogen) atoms. The minimum atomic E-state index is -3.61. The fourth-order valence-electron chi connectivity index (χ4n) is 4.85. The molecule has 0 spiro atoms. The third-order valence-corrected chi connectivity index (χ3v) is 8.58. The SMILES string of the molecule is CC1CCCN(S(=O)(=O)c2ccc3c(c2)C(C)(C)C(=O)N3CC(=O)N2CCCC2)C1. The summed E-state index contributed by atoms with van der Waals surface area (Å²) in [5.41, 5.74) is 0.442. The summed E-state index contributed by atoms with van der Waals surface area (Å²) >= 11 is 0. The van der Waals surface area contributed by atoms with Crippen LogP contribution < -0.4 is 4.90 Å². The number of benzene rings is 1. The average Bonchev–Trinajstić information content (AvgIpc) is 3.31. The molecule has 1 unspecified atom stereocenters. The zero-order valence-electron chi connectivity index (χ0n) is 18.1. The van der Waals surface area contributed by atoms with E-state index in [1.54, 1.807) is 41.3 Å². The lowest BCUT2D eigenvalue weighted by molar-refractivity contribution is -0.131. The van der Waals surface area contributed by atoms with Crippen molar-refractivity contribution in [1.82, 2.24) is 9.21 Å². The molecule has 1 aromatic carbocycles. The van der Waals surface area contributed by atoms with Crippen LogP contribution in [-0.4, -0.2) is 62.2 Å². The van der Waals surface area contributed by atoms with Crippen LogP contribution in [0.25, 0.3) is 0 Å². The van der Waals surface area contributed by atoms with E-state index in [9.17, 15) is 18.0 Å². The Bertz CT molecular complexity index is 967. The molecule has 0 N–H and O–H groups in total. The highest BCUT2D eigenvalue weighted by molar-refractivity contribution is 7.89. The van der Waals surface area contributed by atoms with E-state index in [1.807, 2.05) is 0 Å². The van der Waals surface area contributed by atoms with Crippen molar-refractivity contribution in [2.45, 2.75) is 56.8 Å². The maximum Gasteiger partial charge on any atom is 0.243 e. The quantitative estimate of drug-likeness (QED) is 0.730. The van der Waals surface area contributed by atoms with E-state index in [-0.39, 0.29) is 23.3 Å². The first-order valence-corrected chi connectivity index (χ1v) is 12.3. The van der Waals surface area contributed by atoms with Crippen LogP contribution in [-0.2, 0) is 25.0 Å². The van der Waals surface area contributed by atoms with Crippen molar-refractivity contribution in [3.05, 3.63) is 23.8 Å². The number of amides is 2. The number of carbonyl (C=O) groups is 2. The summed E-state index contributed by atoms with van der Waals surface area (Å²) in [4.78, 5) is 29.3. The second-order valence-electron chi connectivity index (χ2n) is 9.39. The fraction of sp³-hybridized carbons (Fsp3) is 0.636. The first-order valence-electron chi connectivity index (χ1n) is 10.9. The zero-order chi connectivity index (χ0) is 21.7. The van der Waals surface area contributed by atoms with Gasteiger partial charge in [-0.25, -0.2) is 8.42 Å². The number of piperidine rings is 1. The van der Waals surface area contributed by atoms with Crippen LogP contribution >= 0.6 is 0 Å². The number of fused-ring (bicyclic) bond motifs is 1. The number of anilines is 1. The predicted octanol–water partition coefficient (Wildman–Crippen LogP) is 2.35. The summed E-state index contributed by atoms with van der Waals surface area (Å²) in [6.45, 7) is 8.21. The summed E-state index contributed by atoms with van der Waals surface area (Å²) in [6.07, 6.45) is 3.90. The summed E-state index contributed by atoms with van der Waals surface area (Å²) < 4.78 is 28.0. The smallest absolute Gasteiger partial charge is 0.243 e. The normalized spacial score (nSPS) is 24.4. The predicted molar refractivity (Wildman–Crippen MR) is 115 cm³/mol. The second kappa shape index (κ2) is 7.64. The minimum Gasteiger partial charge on any atom is -0.341 e. The van der Waals surface area contributed by atoms with Gasteiger partial charge in [-0.3, -0.25) is 9.59 Å². The van der Waals surface area contributed by atoms with Crippen molar-refractivity contribution in [3.8, 4) is 0 Å². The van der Waals surface area contributed by atoms with Crippen LogP contribution in [0.4, 0.5) is 5.69 Å². The molecule has 4 rings (SSSR count). The van der Waals surface area contributed by atoms with Crippen molar-refractivity contribution in [2.75, 3.05) is 37.6 Å². The molecule has 2 amide bonds. The van der Waals surface area contributed by atoms with Gasteiger partial charge in [0.25, 0.3) is 0 Å². The molecule has 164 valence electrons. The van der Waals surface area contributed by atoms with E-state index < -0.39 is 15.4 Å². The van der Waals surface area contributed by atoms with Crippen LogP contribution in [0.1, 0.15) is 52.0 Å². The Morgan fingerprint density at radius 1 is 1.13 bits per heavy atom. The summed E-state index contributed by atoms with van der Waals surface area (Å²) in [5, 5.41) is 0. The molecule has 7 nitrogen and oxygen atoms in total. The molecule has 0 radical (unpaired) electrons. The van der Waals surface area contributed by atoms with Crippen LogP contribution in [0.5, 0.6) is 0 Å². The molecule has 1 atom stereocenters. The van der Waals surface area contributed by atoms with Gasteiger partial charge in [-0.05, 0) is 69.2 Å². The lowest BCUT2D eigenvalue weighted by Gasteiger charge is -2.30. The molecule has 3 heterocycles. The topological polar surface area (TPSA) is 78.0 Å². The van der Waals surface area contributed by atoms with Gasteiger partial charge in [0.1, 0.15) is 6.54 Å². The van der Waals surface area contributed by atoms with Crippen molar-refractivity contribution < 1.29 is 18.0 Å². The molecule has 0 bridgehead atoms. The van der Waals surface area contributed by atoms with Crippen molar-refractivity contribution in [1.29, 1.82) is 0 Å². The summed E-state index contributed by atoms with van der Waals surface area (Å²) in [6, 6.07) is 4.91. The number of hydrogen-bond acceptors (Lipinski definition) is 4. The van der Waals surface area contributed by atoms with Gasteiger partial charge in [-0.1, -0.05) is 6.92 Å². The van der Waals surface area contributed by atoms with Gasteiger partial charge in [0.05, 0.1) is 10.3 Å². The second-order valence-corrected chi connectivity index (χ2v) is 11.3. The van der Waals surface area contributed by atoms with Crippen molar-refractivity contribution in [3.63, 3.8) is 0 Å². The van der Waals surface area contributed by atoms with E-state index in [1.165, 1.54) is 4.90 Å². The number of hydrogen-bond donors (Lipinski definition) is 0. The maximum atomic E-state index is 13.2. The maximum absolute atomic E-state index is 13.2. The molecule has 0 saturated carbocycles. The molecule has 3 aliphatic rings. The van der Waals surface area contributed by atoms with Gasteiger partial charge < -0.3 is 9.80 Å². The highest BCUT2D eigenvalue weighted by atomic mass is 32.2. The summed E-state index contributed by atoms with van der Waals surface area (Å²) in [5.74, 6) is 0.128. The Balaban J connectivity index is 1.64. The van der Waals surface area contributed by atoms with E-state index in [4.69, 9.17) is 0 Å². The average molecular weight is 434 g/mol. The Kier molecular flexibility index (Phi) is 5.43. The van der Waals surface area contributed by atoms with Crippen LogP contribution in [0.15, 0.2) is 23.1 Å². The van der Waals surface area contributed by atoms with Gasteiger partial charge in [-0.15, -0.1) is 0 Å². The number of nitrogens with zero attached hydrogens (tertiary/aromatic N) is 3. The lowest BCUT2D eigenvalue weighted by Crippen LogP contribution is -2.43. The summed E-state index contributed by atoms with van der Waals surface area (Å²) in [7, 11) is -3.61. The van der Waals surface area contributed by atoms with Crippen LogP contribution in [0.2, 0.25) is 0 Å². The molecule has 3 aliphatic heterocycles. The monoisotopic (exact) mass is 433 g/mol. The standard InChI is InChI=1S/C22H31N3O4S/c1-16-7-6-12-24(14-16)30(28,29)17-8-9-19-18(13-17)22(2,3)21(27)25(19)15-20(26)23-10-4-5-11-23/h8-9,13,16H,4-7,10-12,14-15H2,1-3H3. The van der Waals surface area contributed by atoms with E-state index >= 15 is 0 Å². The molecule has 1 aromatic rings. The highest BCUT2D eigenvalue weighted by Crippen LogP contribution is 2.43. The van der Waals surface area contributed by atoms with Gasteiger partial charge in [0.15, 0.2) is 0 Å².